The molecule has 0 amide bonds. The zero-order valence-corrected chi connectivity index (χ0v) is 34.0. The Hall–Kier alpha value is -8.61. The molecule has 0 saturated heterocycles. The first-order valence-electron chi connectivity index (χ1n) is 21.3. The van der Waals surface area contributed by atoms with E-state index in [1.807, 2.05) is 24.3 Å². The SMILES string of the molecule is c1ccc(-c2ccc(-c3nc(-c4ccccc4)nc(-n4c5ccccc5c5ccc6c7ccccc7n(-c7ccc8c(c7)c7ccccc7n8-c7ccccc7)c6c54)n3)cc2)cc1. The lowest BCUT2D eigenvalue weighted by Crippen LogP contribution is -2.07. The van der Waals surface area contributed by atoms with Crippen LogP contribution in [0.15, 0.2) is 218 Å². The van der Waals surface area contributed by atoms with Gasteiger partial charge in [-0.15, -0.1) is 0 Å². The van der Waals surface area contributed by atoms with E-state index in [4.69, 9.17) is 15.0 Å². The van der Waals surface area contributed by atoms with Crippen LogP contribution in [0.1, 0.15) is 0 Å². The minimum absolute atomic E-state index is 0.558. The van der Waals surface area contributed by atoms with Crippen LogP contribution < -0.4 is 0 Å². The second kappa shape index (κ2) is 14.0. The van der Waals surface area contributed by atoms with Crippen molar-refractivity contribution >= 4 is 65.4 Å². The zero-order chi connectivity index (χ0) is 41.4. The van der Waals surface area contributed by atoms with E-state index in [1.54, 1.807) is 0 Å². The summed E-state index contributed by atoms with van der Waals surface area (Å²) in [5, 5.41) is 6.99. The number of fused-ring (bicyclic) bond motifs is 10. The summed E-state index contributed by atoms with van der Waals surface area (Å²) >= 11 is 0. The van der Waals surface area contributed by atoms with Gasteiger partial charge in [-0.1, -0.05) is 170 Å². The van der Waals surface area contributed by atoms with Crippen molar-refractivity contribution in [2.75, 3.05) is 0 Å². The molecule has 13 aromatic rings. The molecule has 0 aliphatic rings. The number of para-hydroxylation sites is 4. The quantitative estimate of drug-likeness (QED) is 0.168. The average Bonchev–Trinajstić information content (AvgIpc) is 4.00. The molecule has 0 saturated carbocycles. The smallest absolute Gasteiger partial charge is 0.238 e. The highest BCUT2D eigenvalue weighted by atomic mass is 15.2. The largest absolute Gasteiger partial charge is 0.309 e. The third kappa shape index (κ3) is 5.48. The van der Waals surface area contributed by atoms with Crippen LogP contribution in [-0.2, 0) is 0 Å². The molecule has 0 spiro atoms. The first-order chi connectivity index (χ1) is 31.3. The maximum atomic E-state index is 5.37. The summed E-state index contributed by atoms with van der Waals surface area (Å²) in [6, 6.07) is 77.3. The molecule has 9 aromatic carbocycles. The molecule has 0 N–H and O–H groups in total. The van der Waals surface area contributed by atoms with E-state index in [9.17, 15) is 0 Å². The number of aromatic nitrogens is 6. The van der Waals surface area contributed by atoms with Crippen molar-refractivity contribution in [1.82, 2.24) is 28.7 Å². The lowest BCUT2D eigenvalue weighted by molar-refractivity contribution is 0.953. The molecule has 6 nitrogen and oxygen atoms in total. The van der Waals surface area contributed by atoms with Crippen LogP contribution in [0.25, 0.3) is 117 Å². The summed E-state index contributed by atoms with van der Waals surface area (Å²) in [7, 11) is 0. The van der Waals surface area contributed by atoms with Gasteiger partial charge in [0.15, 0.2) is 11.6 Å². The van der Waals surface area contributed by atoms with Gasteiger partial charge in [-0.05, 0) is 59.7 Å². The molecular formula is C57H36N6. The Morgan fingerprint density at radius 1 is 0.254 bits per heavy atom. The third-order valence-electron chi connectivity index (χ3n) is 12.5. The Morgan fingerprint density at radius 2 is 0.683 bits per heavy atom. The molecule has 0 unspecified atom stereocenters. The number of hydrogen-bond acceptors (Lipinski definition) is 3. The molecule has 0 fully saturated rings. The number of nitrogens with zero attached hydrogens (tertiary/aromatic N) is 6. The van der Waals surface area contributed by atoms with E-state index in [1.165, 1.54) is 21.7 Å². The topological polar surface area (TPSA) is 53.5 Å². The maximum Gasteiger partial charge on any atom is 0.238 e. The first-order valence-corrected chi connectivity index (χ1v) is 21.3. The normalized spacial score (nSPS) is 11.8. The highest BCUT2D eigenvalue weighted by Gasteiger charge is 2.24. The number of benzene rings is 9. The number of rotatable bonds is 6. The Kier molecular flexibility index (Phi) is 7.80. The Bertz CT molecular complexity index is 3880. The molecule has 0 aliphatic heterocycles. The van der Waals surface area contributed by atoms with Gasteiger partial charge in [-0.25, -0.2) is 4.98 Å². The van der Waals surface area contributed by atoms with Gasteiger partial charge in [0.05, 0.1) is 33.1 Å². The molecule has 294 valence electrons. The summed E-state index contributed by atoms with van der Waals surface area (Å²) in [4.78, 5) is 15.9. The van der Waals surface area contributed by atoms with Gasteiger partial charge in [0, 0.05) is 54.8 Å². The monoisotopic (exact) mass is 804 g/mol. The van der Waals surface area contributed by atoms with Gasteiger partial charge in [-0.2, -0.15) is 9.97 Å². The van der Waals surface area contributed by atoms with E-state index in [0.717, 1.165) is 77.4 Å². The van der Waals surface area contributed by atoms with Gasteiger partial charge in [0.25, 0.3) is 0 Å². The van der Waals surface area contributed by atoms with Gasteiger partial charge >= 0.3 is 0 Å². The fourth-order valence-electron chi connectivity index (χ4n) is 9.68. The van der Waals surface area contributed by atoms with E-state index >= 15 is 0 Å². The summed E-state index contributed by atoms with van der Waals surface area (Å²) in [5.41, 5.74) is 13.0. The van der Waals surface area contributed by atoms with Crippen molar-refractivity contribution in [3.05, 3.63) is 218 Å². The lowest BCUT2D eigenvalue weighted by atomic mass is 10.0. The van der Waals surface area contributed by atoms with Crippen LogP contribution in [0, 0.1) is 0 Å². The zero-order valence-electron chi connectivity index (χ0n) is 34.0. The minimum atomic E-state index is 0.558. The molecule has 63 heavy (non-hydrogen) atoms. The van der Waals surface area contributed by atoms with Gasteiger partial charge in [-0.3, -0.25) is 4.57 Å². The Morgan fingerprint density at radius 3 is 1.30 bits per heavy atom. The van der Waals surface area contributed by atoms with E-state index in [-0.39, 0.29) is 0 Å². The summed E-state index contributed by atoms with van der Waals surface area (Å²) in [6.45, 7) is 0. The van der Waals surface area contributed by atoms with Crippen LogP contribution in [0.2, 0.25) is 0 Å². The Balaban J connectivity index is 1.11. The second-order valence-corrected chi connectivity index (χ2v) is 16.0. The maximum absolute atomic E-state index is 5.37. The van der Waals surface area contributed by atoms with Crippen LogP contribution in [0.3, 0.4) is 0 Å². The van der Waals surface area contributed by atoms with Crippen LogP contribution in [0.5, 0.6) is 0 Å². The fraction of sp³-hybridized carbons (Fsp3) is 0. The molecule has 6 heteroatoms. The molecule has 0 aliphatic carbocycles. The summed E-state index contributed by atoms with van der Waals surface area (Å²) in [6.07, 6.45) is 0. The van der Waals surface area contributed by atoms with E-state index < -0.39 is 0 Å². The van der Waals surface area contributed by atoms with Gasteiger partial charge < -0.3 is 9.13 Å². The second-order valence-electron chi connectivity index (χ2n) is 16.0. The molecule has 4 aromatic heterocycles. The lowest BCUT2D eigenvalue weighted by Gasteiger charge is -2.14. The van der Waals surface area contributed by atoms with Crippen molar-refractivity contribution in [3.63, 3.8) is 0 Å². The van der Waals surface area contributed by atoms with Crippen LogP contribution in [-0.4, -0.2) is 28.7 Å². The van der Waals surface area contributed by atoms with Crippen molar-refractivity contribution in [2.45, 2.75) is 0 Å². The predicted molar refractivity (Wildman–Crippen MR) is 259 cm³/mol. The van der Waals surface area contributed by atoms with Crippen molar-refractivity contribution in [1.29, 1.82) is 0 Å². The Labute approximate surface area is 362 Å². The summed E-state index contributed by atoms with van der Waals surface area (Å²) in [5.74, 6) is 1.78. The fourth-order valence-corrected chi connectivity index (χ4v) is 9.68. The molecule has 0 atom stereocenters. The van der Waals surface area contributed by atoms with Crippen molar-refractivity contribution in [2.24, 2.45) is 0 Å². The van der Waals surface area contributed by atoms with Crippen LogP contribution >= 0.6 is 0 Å². The van der Waals surface area contributed by atoms with Gasteiger partial charge in [0.1, 0.15) is 0 Å². The van der Waals surface area contributed by atoms with Crippen molar-refractivity contribution in [3.8, 4) is 51.2 Å². The molecule has 13 rings (SSSR count). The van der Waals surface area contributed by atoms with E-state index in [2.05, 4.69) is 208 Å². The summed E-state index contributed by atoms with van der Waals surface area (Å²) < 4.78 is 7.07. The highest BCUT2D eigenvalue weighted by Crippen LogP contribution is 2.43. The third-order valence-corrected chi connectivity index (χ3v) is 12.5. The minimum Gasteiger partial charge on any atom is -0.309 e. The average molecular weight is 805 g/mol. The molecule has 4 heterocycles. The van der Waals surface area contributed by atoms with Crippen LogP contribution in [0.4, 0.5) is 0 Å². The number of hydrogen-bond donors (Lipinski definition) is 0. The molecule has 0 radical (unpaired) electrons. The first kappa shape index (κ1) is 35.2. The standard InChI is InChI=1S/C57H36N6/c1-4-16-37(17-5-1)38-28-30-40(31-29-38)56-58-55(39-18-6-2-7-19-39)59-57(60-56)63-51-27-15-11-23-44(51)47-34-33-46-43-22-10-14-26-50(43)62(53(46)54(47)63)42-32-35-52-48(36-42)45-24-12-13-25-49(45)61(52)41-20-8-3-9-21-41/h1-36H. The predicted octanol–water partition coefficient (Wildman–Crippen LogP) is 14.2. The molecular weight excluding hydrogens is 769 g/mol. The van der Waals surface area contributed by atoms with Gasteiger partial charge in [0.2, 0.25) is 5.95 Å². The molecule has 0 bridgehead atoms. The van der Waals surface area contributed by atoms with E-state index in [0.29, 0.717) is 17.6 Å². The van der Waals surface area contributed by atoms with Crippen molar-refractivity contribution < 1.29 is 0 Å². The highest BCUT2D eigenvalue weighted by molar-refractivity contribution is 6.24.